The van der Waals surface area contributed by atoms with Gasteiger partial charge in [0.2, 0.25) is 0 Å². The second kappa shape index (κ2) is 4.37. The molecule has 1 spiro atoms. The topological polar surface area (TPSA) is 57.5 Å². The maximum atomic E-state index is 11.0. The summed E-state index contributed by atoms with van der Waals surface area (Å²) >= 11 is 0. The molecule has 0 heterocycles. The van der Waals surface area contributed by atoms with Gasteiger partial charge in [-0.05, 0) is 48.9 Å². The van der Waals surface area contributed by atoms with E-state index in [0.29, 0.717) is 12.0 Å². The van der Waals surface area contributed by atoms with Gasteiger partial charge in [0.1, 0.15) is 0 Å². The molecule has 3 atom stereocenters. The van der Waals surface area contributed by atoms with E-state index in [4.69, 9.17) is 5.11 Å². The first-order valence-corrected chi connectivity index (χ1v) is 6.90. The molecule has 0 aromatic rings. The number of carboxylic acids is 1. The number of allylic oxidation sites excluding steroid dienone is 1. The lowest BCUT2D eigenvalue weighted by Crippen LogP contribution is -2.52. The Morgan fingerprint density at radius 2 is 2.06 bits per heavy atom. The summed E-state index contributed by atoms with van der Waals surface area (Å²) in [5.74, 6) is -0.542. The fourth-order valence-corrected chi connectivity index (χ4v) is 4.08. The van der Waals surface area contributed by atoms with E-state index in [1.807, 2.05) is 6.08 Å². The Morgan fingerprint density at radius 1 is 1.39 bits per heavy atom. The molecule has 0 radical (unpaired) electrons. The molecule has 0 amide bonds. The third kappa shape index (κ3) is 1.89. The second-order valence-corrected chi connectivity index (χ2v) is 6.67. The van der Waals surface area contributed by atoms with Gasteiger partial charge in [-0.25, -0.2) is 4.79 Å². The minimum atomic E-state index is -0.785. The minimum absolute atomic E-state index is 0.0591. The lowest BCUT2D eigenvalue weighted by molar-refractivity contribution is -0.134. The average Bonchev–Trinajstić information content (AvgIpc) is 2.33. The van der Waals surface area contributed by atoms with Gasteiger partial charge in [0.05, 0.1) is 6.10 Å². The van der Waals surface area contributed by atoms with Gasteiger partial charge in [0.15, 0.2) is 0 Å². The van der Waals surface area contributed by atoms with Crippen LogP contribution in [0.3, 0.4) is 0 Å². The number of carbonyl (C=O) groups is 1. The Balaban J connectivity index is 2.31. The van der Waals surface area contributed by atoms with Crippen LogP contribution in [0.25, 0.3) is 0 Å². The van der Waals surface area contributed by atoms with Gasteiger partial charge in [-0.2, -0.15) is 0 Å². The van der Waals surface area contributed by atoms with E-state index < -0.39 is 5.97 Å². The molecule has 1 saturated carbocycles. The first kappa shape index (κ1) is 13.6. The molecule has 3 heteroatoms. The van der Waals surface area contributed by atoms with E-state index in [9.17, 15) is 9.90 Å². The van der Waals surface area contributed by atoms with Crippen LogP contribution >= 0.6 is 0 Å². The molecular formula is C15H24O3. The number of hydrogen-bond acceptors (Lipinski definition) is 2. The van der Waals surface area contributed by atoms with E-state index in [2.05, 4.69) is 20.8 Å². The van der Waals surface area contributed by atoms with Crippen molar-refractivity contribution in [3.05, 3.63) is 11.6 Å². The molecular weight excluding hydrogens is 228 g/mol. The summed E-state index contributed by atoms with van der Waals surface area (Å²) in [6.45, 7) is 6.68. The standard InChI is InChI=1S/C15H24O3/c1-10-12(16)6-7-14(2,3)15(10)8-4-11(5-9-15)13(17)18/h4,10,12,16H,5-9H2,1-3H3,(H,17,18). The van der Waals surface area contributed by atoms with Crippen LogP contribution in [0, 0.1) is 16.7 Å². The highest BCUT2D eigenvalue weighted by atomic mass is 16.4. The molecule has 0 aromatic carbocycles. The maximum Gasteiger partial charge on any atom is 0.331 e. The minimum Gasteiger partial charge on any atom is -0.478 e. The van der Waals surface area contributed by atoms with Gasteiger partial charge >= 0.3 is 5.97 Å². The van der Waals surface area contributed by atoms with Crippen molar-refractivity contribution in [2.24, 2.45) is 16.7 Å². The van der Waals surface area contributed by atoms with Gasteiger partial charge < -0.3 is 10.2 Å². The Morgan fingerprint density at radius 3 is 2.56 bits per heavy atom. The summed E-state index contributed by atoms with van der Waals surface area (Å²) in [4.78, 5) is 11.0. The fourth-order valence-electron chi connectivity index (χ4n) is 4.08. The van der Waals surface area contributed by atoms with E-state index in [0.717, 1.165) is 25.7 Å². The molecule has 0 aliphatic heterocycles. The van der Waals surface area contributed by atoms with Crippen molar-refractivity contribution in [3.8, 4) is 0 Å². The van der Waals surface area contributed by atoms with Crippen LogP contribution in [-0.4, -0.2) is 22.3 Å². The summed E-state index contributed by atoms with van der Waals surface area (Å²) in [5.41, 5.74) is 0.777. The zero-order valence-corrected chi connectivity index (χ0v) is 11.6. The van der Waals surface area contributed by atoms with Crippen molar-refractivity contribution in [1.29, 1.82) is 0 Å². The van der Waals surface area contributed by atoms with Crippen molar-refractivity contribution in [2.45, 2.75) is 59.0 Å². The van der Waals surface area contributed by atoms with Crippen molar-refractivity contribution in [2.75, 3.05) is 0 Å². The molecule has 18 heavy (non-hydrogen) atoms. The predicted molar refractivity (Wildman–Crippen MR) is 70.2 cm³/mol. The van der Waals surface area contributed by atoms with Gasteiger partial charge in [-0.15, -0.1) is 0 Å². The monoisotopic (exact) mass is 252 g/mol. The van der Waals surface area contributed by atoms with Crippen LogP contribution in [0.5, 0.6) is 0 Å². The number of aliphatic hydroxyl groups excluding tert-OH is 1. The van der Waals surface area contributed by atoms with Crippen molar-refractivity contribution < 1.29 is 15.0 Å². The Labute approximate surface area is 109 Å². The number of carboxylic acid groups (broad SMARTS) is 1. The highest BCUT2D eigenvalue weighted by Gasteiger charge is 2.53. The summed E-state index contributed by atoms with van der Waals surface area (Å²) in [7, 11) is 0. The fraction of sp³-hybridized carbons (Fsp3) is 0.800. The lowest BCUT2D eigenvalue weighted by atomic mass is 9.48. The number of rotatable bonds is 1. The predicted octanol–water partition coefficient (Wildman–Crippen LogP) is 2.98. The SMILES string of the molecule is CC1C(O)CCC(C)(C)C12CC=C(C(=O)O)CC2. The highest BCUT2D eigenvalue weighted by Crippen LogP contribution is 2.59. The quantitative estimate of drug-likeness (QED) is 0.754. The van der Waals surface area contributed by atoms with Crippen molar-refractivity contribution in [1.82, 2.24) is 0 Å². The molecule has 2 N–H and O–H groups in total. The number of aliphatic carboxylic acids is 1. The summed E-state index contributed by atoms with van der Waals surface area (Å²) in [6, 6.07) is 0. The first-order chi connectivity index (χ1) is 8.30. The van der Waals surface area contributed by atoms with Crippen LogP contribution in [-0.2, 0) is 4.79 Å². The number of hydrogen-bond donors (Lipinski definition) is 2. The van der Waals surface area contributed by atoms with Crippen molar-refractivity contribution in [3.63, 3.8) is 0 Å². The zero-order chi connectivity index (χ0) is 13.6. The summed E-state index contributed by atoms with van der Waals surface area (Å²) in [6.07, 6.45) is 5.85. The van der Waals surface area contributed by atoms with Crippen LogP contribution in [0.2, 0.25) is 0 Å². The molecule has 102 valence electrons. The van der Waals surface area contributed by atoms with Crippen LogP contribution in [0.4, 0.5) is 0 Å². The number of aliphatic hydroxyl groups is 1. The molecule has 0 bridgehead atoms. The van der Waals surface area contributed by atoms with E-state index in [-0.39, 0.29) is 22.9 Å². The molecule has 2 rings (SSSR count). The van der Waals surface area contributed by atoms with Gasteiger partial charge in [0.25, 0.3) is 0 Å². The largest absolute Gasteiger partial charge is 0.478 e. The van der Waals surface area contributed by atoms with E-state index in [1.165, 1.54) is 0 Å². The molecule has 0 aromatic heterocycles. The zero-order valence-electron chi connectivity index (χ0n) is 11.6. The van der Waals surface area contributed by atoms with Crippen LogP contribution < -0.4 is 0 Å². The smallest absolute Gasteiger partial charge is 0.331 e. The first-order valence-electron chi connectivity index (χ1n) is 6.90. The third-order valence-corrected chi connectivity index (χ3v) is 5.69. The molecule has 2 aliphatic rings. The molecule has 2 aliphatic carbocycles. The summed E-state index contributed by atoms with van der Waals surface area (Å²) < 4.78 is 0. The van der Waals surface area contributed by atoms with Crippen LogP contribution in [0.15, 0.2) is 11.6 Å². The summed E-state index contributed by atoms with van der Waals surface area (Å²) in [5, 5.41) is 19.2. The van der Waals surface area contributed by atoms with Crippen molar-refractivity contribution >= 4 is 5.97 Å². The van der Waals surface area contributed by atoms with Gasteiger partial charge in [0, 0.05) is 5.57 Å². The van der Waals surface area contributed by atoms with E-state index in [1.54, 1.807) is 0 Å². The van der Waals surface area contributed by atoms with Gasteiger partial charge in [-0.3, -0.25) is 0 Å². The lowest BCUT2D eigenvalue weighted by Gasteiger charge is -2.57. The normalized spacial score (nSPS) is 39.4. The Bertz CT molecular complexity index is 383. The molecule has 0 saturated heterocycles. The second-order valence-electron chi connectivity index (χ2n) is 6.67. The average molecular weight is 252 g/mol. The van der Waals surface area contributed by atoms with Gasteiger partial charge in [-0.1, -0.05) is 26.8 Å². The molecule has 3 unspecified atom stereocenters. The molecule has 1 fully saturated rings. The Kier molecular flexibility index (Phi) is 3.30. The molecule has 3 nitrogen and oxygen atoms in total. The maximum absolute atomic E-state index is 11.0. The Hall–Kier alpha value is -0.830. The highest BCUT2D eigenvalue weighted by molar-refractivity contribution is 5.86. The third-order valence-electron chi connectivity index (χ3n) is 5.69. The van der Waals surface area contributed by atoms with E-state index >= 15 is 0 Å². The van der Waals surface area contributed by atoms with Crippen LogP contribution in [0.1, 0.15) is 52.9 Å².